The van der Waals surface area contributed by atoms with Crippen LogP contribution in [-0.4, -0.2) is 281 Å². The predicted octanol–water partition coefficient (Wildman–Crippen LogP) is 9.53. The topological polar surface area (TPSA) is 543 Å². The van der Waals surface area contributed by atoms with Gasteiger partial charge in [-0.3, -0.25) is 33.8 Å². The molecule has 0 atom stereocenters. The van der Waals surface area contributed by atoms with Crippen LogP contribution >= 0.6 is 0 Å². The summed E-state index contributed by atoms with van der Waals surface area (Å²) in [6.07, 6.45) is 12.9. The number of ether oxygens (including phenoxy) is 14. The number of aromatic nitrogens is 10. The molecule has 6 aromatic heterocycles. The van der Waals surface area contributed by atoms with Crippen LogP contribution in [0.15, 0.2) is 195 Å². The van der Waals surface area contributed by atoms with E-state index in [0.717, 1.165) is 63.5 Å². The number of nitrogens with one attached hydrogen (secondary N) is 6. The summed E-state index contributed by atoms with van der Waals surface area (Å²) in [5.74, 6) is 1.93. The van der Waals surface area contributed by atoms with Crippen LogP contribution in [0.1, 0.15) is 86.6 Å². The Morgan fingerprint density at radius 1 is 0.333 bits per heavy atom. The van der Waals surface area contributed by atoms with Crippen molar-refractivity contribution in [3.8, 4) is 79.7 Å². The van der Waals surface area contributed by atoms with Gasteiger partial charge in [-0.05, 0) is 98.1 Å². The van der Waals surface area contributed by atoms with Crippen molar-refractivity contribution in [1.29, 1.82) is 0 Å². The fourth-order valence-electron chi connectivity index (χ4n) is 15.1. The number of para-hydroxylation sites is 6. The molecule has 20 rings (SSSR count). The van der Waals surface area contributed by atoms with Gasteiger partial charge in [-0.15, -0.1) is 0 Å². The molecule has 144 heavy (non-hydrogen) atoms. The lowest BCUT2D eigenvalue weighted by Crippen LogP contribution is -2.36. The monoisotopic (exact) mass is 1970 g/mol. The number of carbonyl (C=O) groups is 6. The van der Waals surface area contributed by atoms with Gasteiger partial charge in [0.1, 0.15) is 68.4 Å². The molecule has 8 aliphatic rings. The first-order chi connectivity index (χ1) is 70.4. The van der Waals surface area contributed by atoms with E-state index in [1.165, 1.54) is 24.8 Å². The molecule has 12 aromatic rings. The lowest BCUT2D eigenvalue weighted by molar-refractivity contribution is -0.0307. The number of pyridine rings is 2. The fourth-order valence-corrected chi connectivity index (χ4v) is 15.1. The standard InChI is InChI=1S/C32H40N6O6.C30H36N6O6.2C20H19N5O4/c1-38-11-14-42-15-16-43-17-18-44-29-25(20-34-19-22-9-12-41-13-10-22)3-2-4-26(29)37-31(39)28-30(33)35-21-27(36-28)23-5-7-24(8-6-23)32(38)40;1-36-9-10-39-11-12-40-13-14-42-27-23(16-32-15-20-18-41-19-20)3-2-4-24(27)35-29(37)26-28(31)33-17-25(34-26)21-5-7-22(8-6-21)30(36)38;21-19-18-20(26)25-15-3-1-2-4-17(15)29-8-6-27-5-7-28-14-9-13(10-22-11-14)16(24-18)12-23-19;21-19-18-20(26)25-14-3-1-2-4-16(14)28-9-7-27-8-10-29-17-11-13(5-6-22-17)15(24-18)12-23-19/h2-8,21-22,34H,9-20H2,1H3,(H2,33,35)(H,37,39);2-8,17,20,32H,9-16,18-19H2,1H3,(H2,31,33)(H,35,37);1-4,9-12H,5-8H2,(H2,21,23)(H,25,26);1-6,11-12H,7-10H2,(H2,21,23)(H,25,26). The third-order valence-electron chi connectivity index (χ3n) is 22.9. The largest absolute Gasteiger partial charge is 0.490 e. The molecule has 0 saturated carbocycles. The quantitative estimate of drug-likeness (QED) is 0.0633. The van der Waals surface area contributed by atoms with E-state index in [1.807, 2.05) is 36.4 Å². The normalized spacial score (nSPS) is 16.3. The summed E-state index contributed by atoms with van der Waals surface area (Å²) >= 11 is 0. The Hall–Kier alpha value is -15.6. The zero-order valence-corrected chi connectivity index (χ0v) is 79.7. The maximum Gasteiger partial charge on any atom is 0.278 e. The number of likely N-dealkylation sites (N-methyl/N-ethyl adjacent to an activating group) is 2. The van der Waals surface area contributed by atoms with Crippen LogP contribution in [0.25, 0.3) is 45.0 Å². The average Bonchev–Trinajstić information content (AvgIpc) is 0.873. The molecule has 0 radical (unpaired) electrons. The number of hydrogen-bond acceptors (Lipinski definition) is 36. The summed E-state index contributed by atoms with van der Waals surface area (Å²) in [5.41, 5.74) is 33.4. The van der Waals surface area contributed by atoms with Gasteiger partial charge >= 0.3 is 0 Å². The number of nitrogens with two attached hydrogens (primary N) is 4. The van der Waals surface area contributed by atoms with E-state index in [0.29, 0.717) is 257 Å². The summed E-state index contributed by atoms with van der Waals surface area (Å²) in [5, 5.41) is 18.4. The molecular weight excluding hydrogens is 1850 g/mol. The third-order valence-corrected chi connectivity index (χ3v) is 22.9. The minimum Gasteiger partial charge on any atom is -0.490 e. The van der Waals surface area contributed by atoms with Gasteiger partial charge in [0.05, 0.1) is 169 Å². The molecule has 0 spiro atoms. The number of amides is 6. The Labute approximate surface area is 830 Å². The smallest absolute Gasteiger partial charge is 0.278 e. The van der Waals surface area contributed by atoms with E-state index in [2.05, 4.69) is 81.7 Å². The Kier molecular flexibility index (Phi) is 37.6. The van der Waals surface area contributed by atoms with Crippen LogP contribution in [0.3, 0.4) is 0 Å². The highest BCUT2D eigenvalue weighted by molar-refractivity contribution is 6.09. The summed E-state index contributed by atoms with van der Waals surface area (Å²) in [6, 6.07) is 44.6. The van der Waals surface area contributed by atoms with Crippen molar-refractivity contribution in [3.63, 3.8) is 0 Å². The first-order valence-electron chi connectivity index (χ1n) is 47.0. The Balaban J connectivity index is 0.000000147. The highest BCUT2D eigenvalue weighted by atomic mass is 16.6. The molecule has 752 valence electrons. The molecule has 42 nitrogen and oxygen atoms in total. The molecule has 0 unspecified atom stereocenters. The summed E-state index contributed by atoms with van der Waals surface area (Å²) in [7, 11) is 3.46. The lowest BCUT2D eigenvalue weighted by atomic mass is 10.0. The van der Waals surface area contributed by atoms with Crippen LogP contribution in [0, 0.1) is 11.8 Å². The molecule has 16 bridgehead atoms. The van der Waals surface area contributed by atoms with E-state index < -0.39 is 23.6 Å². The van der Waals surface area contributed by atoms with Crippen molar-refractivity contribution in [1.82, 2.24) is 70.3 Å². The highest BCUT2D eigenvalue weighted by Gasteiger charge is 2.28. The van der Waals surface area contributed by atoms with Crippen LogP contribution in [-0.2, 0) is 51.0 Å². The molecule has 6 aromatic carbocycles. The molecule has 42 heteroatoms. The molecule has 8 aliphatic heterocycles. The molecule has 2 saturated heterocycles. The van der Waals surface area contributed by atoms with Crippen LogP contribution in [0.2, 0.25) is 0 Å². The summed E-state index contributed by atoms with van der Waals surface area (Å²) in [6.45, 7) is 13.2. The van der Waals surface area contributed by atoms with E-state index >= 15 is 0 Å². The predicted molar refractivity (Wildman–Crippen MR) is 534 cm³/mol. The number of carbonyl (C=O) groups excluding carboxylic acids is 6. The number of rotatable bonds is 8. The van der Waals surface area contributed by atoms with Gasteiger partial charge in [-0.1, -0.05) is 72.8 Å². The van der Waals surface area contributed by atoms with Crippen molar-refractivity contribution in [2.45, 2.75) is 25.9 Å². The first-order valence-corrected chi connectivity index (χ1v) is 47.0. The van der Waals surface area contributed by atoms with E-state index in [-0.39, 0.29) is 71.1 Å². The average molecular weight is 1970 g/mol. The lowest BCUT2D eigenvalue weighted by Gasteiger charge is -2.26. The Morgan fingerprint density at radius 3 is 1.15 bits per heavy atom. The van der Waals surface area contributed by atoms with Crippen molar-refractivity contribution in [2.24, 2.45) is 11.8 Å². The number of nitrogens with zero attached hydrogens (tertiary/aromatic N) is 12. The Morgan fingerprint density at radius 2 is 0.701 bits per heavy atom. The zero-order valence-electron chi connectivity index (χ0n) is 79.7. The van der Waals surface area contributed by atoms with Gasteiger partial charge in [0.15, 0.2) is 46.0 Å². The minimum atomic E-state index is -0.521. The second-order valence-electron chi connectivity index (χ2n) is 33.2. The fraction of sp³-hybridized carbons (Fsp3) is 0.333. The minimum absolute atomic E-state index is 0.00139. The third kappa shape index (κ3) is 29.3. The van der Waals surface area contributed by atoms with Crippen LogP contribution in [0.4, 0.5) is 46.0 Å². The zero-order chi connectivity index (χ0) is 100. The maximum absolute atomic E-state index is 13.5. The second kappa shape index (κ2) is 52.7. The van der Waals surface area contributed by atoms with Crippen molar-refractivity contribution >= 4 is 81.5 Å². The highest BCUT2D eigenvalue weighted by Crippen LogP contribution is 2.36. The number of fused-ring (bicyclic) bond motifs is 38. The van der Waals surface area contributed by atoms with Gasteiger partial charge < -0.3 is 131 Å². The first kappa shape index (κ1) is 103. The van der Waals surface area contributed by atoms with Gasteiger partial charge in [-0.2, -0.15) is 0 Å². The molecule has 14 N–H and O–H groups in total. The Bertz CT molecular complexity index is 6180. The van der Waals surface area contributed by atoms with Gasteiger partial charge in [0.2, 0.25) is 5.88 Å². The summed E-state index contributed by atoms with van der Waals surface area (Å²) < 4.78 is 79.6. The van der Waals surface area contributed by atoms with Gasteiger partial charge in [0, 0.05) is 129 Å². The van der Waals surface area contributed by atoms with E-state index in [4.69, 9.17) is 89.3 Å². The van der Waals surface area contributed by atoms with Gasteiger partial charge in [0.25, 0.3) is 35.4 Å². The molecule has 2 fully saturated rings. The van der Waals surface area contributed by atoms with Gasteiger partial charge in [-0.25, -0.2) is 44.9 Å². The maximum atomic E-state index is 13.5. The molecule has 0 aliphatic carbocycles. The van der Waals surface area contributed by atoms with Crippen LogP contribution < -0.4 is 83.3 Å². The molecular formula is C102H114N22O20. The SMILES string of the molecule is CN1CCOCCOCCOc2c(CNCC3CCOCC3)cccc2NC(=O)c2nc(cnc2N)-c2ccc(cc2)C1=O.CN1CCOCCOCCOc2c(CNCC3COC3)cccc2NC(=O)c2nc(cnc2N)-c2ccc(cc2)C1=O.Nc1ncc2nc1C(=O)Nc1ccccc1OCCOCCOc1cc-2ccn1.Nc1ncc2nc1C(=O)Nc1ccccc1OCCOCCOc1cncc-2c1. The number of hydrogen-bond donors (Lipinski definition) is 10. The number of anilines is 8. The van der Waals surface area contributed by atoms with Crippen LogP contribution in [0.5, 0.6) is 34.6 Å². The summed E-state index contributed by atoms with van der Waals surface area (Å²) in [4.78, 5) is 124. The van der Waals surface area contributed by atoms with Crippen molar-refractivity contribution < 1.29 is 95.1 Å². The number of nitrogen functional groups attached to an aromatic ring is 4. The van der Waals surface area contributed by atoms with Crippen molar-refractivity contribution in [2.75, 3.05) is 230 Å². The van der Waals surface area contributed by atoms with Crippen molar-refractivity contribution in [3.05, 3.63) is 240 Å². The molecule has 14 heterocycles. The number of benzene rings is 6. The second-order valence-corrected chi connectivity index (χ2v) is 33.2. The molecule has 6 amide bonds. The van der Waals surface area contributed by atoms with E-state index in [9.17, 15) is 28.8 Å². The van der Waals surface area contributed by atoms with E-state index in [1.54, 1.807) is 158 Å².